The van der Waals surface area contributed by atoms with E-state index in [0.717, 1.165) is 24.8 Å². The van der Waals surface area contributed by atoms with Gasteiger partial charge in [0.05, 0.1) is 6.54 Å². The van der Waals surface area contributed by atoms with Gasteiger partial charge >= 0.3 is 5.97 Å². The van der Waals surface area contributed by atoms with Gasteiger partial charge in [-0.05, 0) is 42.9 Å². The Morgan fingerprint density at radius 3 is 2.62 bits per heavy atom. The molecule has 130 valence electrons. The number of nitrogens with one attached hydrogen (secondary N) is 1. The second-order valence-electron chi connectivity index (χ2n) is 6.78. The fourth-order valence-electron chi connectivity index (χ4n) is 4.05. The standard InChI is InChI=1S/C18H23ClN2O3/c19-14-7-5-12(6-8-14)10-20-17(22)11-21-15-4-2-1-3-13(15)9-16(21)18(23)24/h5-8,13,15-16H,1-4,9-11H2,(H,20,22)(H,23,24)/t13-,15-,16+/m1/s1. The fourth-order valence-corrected chi connectivity index (χ4v) is 4.17. The number of likely N-dealkylation sites (tertiary alicyclic amines) is 1. The van der Waals surface area contributed by atoms with Crippen molar-refractivity contribution in [3.8, 4) is 0 Å². The summed E-state index contributed by atoms with van der Waals surface area (Å²) in [7, 11) is 0. The third-order valence-corrected chi connectivity index (χ3v) is 5.49. The average Bonchev–Trinajstić information content (AvgIpc) is 2.93. The molecule has 1 saturated carbocycles. The van der Waals surface area contributed by atoms with Gasteiger partial charge in [-0.3, -0.25) is 14.5 Å². The number of rotatable bonds is 5. The number of carboxylic acid groups (broad SMARTS) is 1. The molecule has 1 amide bonds. The van der Waals surface area contributed by atoms with E-state index in [1.165, 1.54) is 6.42 Å². The summed E-state index contributed by atoms with van der Waals surface area (Å²) in [4.78, 5) is 25.8. The highest BCUT2D eigenvalue weighted by Crippen LogP contribution is 2.39. The summed E-state index contributed by atoms with van der Waals surface area (Å²) < 4.78 is 0. The van der Waals surface area contributed by atoms with E-state index in [4.69, 9.17) is 11.6 Å². The minimum Gasteiger partial charge on any atom is -0.480 e. The quantitative estimate of drug-likeness (QED) is 0.856. The van der Waals surface area contributed by atoms with Crippen LogP contribution in [-0.4, -0.2) is 40.5 Å². The van der Waals surface area contributed by atoms with E-state index in [-0.39, 0.29) is 18.5 Å². The van der Waals surface area contributed by atoms with Gasteiger partial charge in [-0.2, -0.15) is 0 Å². The molecule has 0 bridgehead atoms. The van der Waals surface area contributed by atoms with Crippen LogP contribution >= 0.6 is 11.6 Å². The predicted octanol–water partition coefficient (Wildman–Crippen LogP) is 2.67. The Bertz CT molecular complexity index is 605. The number of amides is 1. The first kappa shape index (κ1) is 17.2. The number of fused-ring (bicyclic) bond motifs is 1. The Morgan fingerprint density at radius 2 is 1.92 bits per heavy atom. The van der Waals surface area contributed by atoms with Crippen LogP contribution in [0.1, 0.15) is 37.7 Å². The molecular formula is C18H23ClN2O3. The van der Waals surface area contributed by atoms with Gasteiger partial charge in [-0.25, -0.2) is 0 Å². The third-order valence-electron chi connectivity index (χ3n) is 5.24. The smallest absolute Gasteiger partial charge is 0.320 e. The van der Waals surface area contributed by atoms with Crippen molar-refractivity contribution in [1.82, 2.24) is 10.2 Å². The Morgan fingerprint density at radius 1 is 1.21 bits per heavy atom. The molecule has 0 spiro atoms. The molecule has 3 atom stereocenters. The third kappa shape index (κ3) is 3.90. The molecular weight excluding hydrogens is 328 g/mol. The molecule has 0 radical (unpaired) electrons. The van der Waals surface area contributed by atoms with Crippen molar-refractivity contribution in [2.45, 2.75) is 50.7 Å². The van der Waals surface area contributed by atoms with Crippen LogP contribution in [0.4, 0.5) is 0 Å². The maximum absolute atomic E-state index is 12.3. The first-order chi connectivity index (χ1) is 11.5. The van der Waals surface area contributed by atoms with Gasteiger partial charge in [0, 0.05) is 17.6 Å². The van der Waals surface area contributed by atoms with Crippen molar-refractivity contribution in [3.05, 3.63) is 34.9 Å². The number of nitrogens with zero attached hydrogens (tertiary/aromatic N) is 1. The van der Waals surface area contributed by atoms with E-state index in [1.54, 1.807) is 12.1 Å². The molecule has 1 aliphatic heterocycles. The van der Waals surface area contributed by atoms with Crippen LogP contribution in [0.3, 0.4) is 0 Å². The van der Waals surface area contributed by atoms with Gasteiger partial charge in [0.15, 0.2) is 0 Å². The molecule has 0 aromatic heterocycles. The Labute approximate surface area is 147 Å². The molecule has 3 rings (SSSR count). The van der Waals surface area contributed by atoms with Gasteiger partial charge < -0.3 is 10.4 Å². The highest BCUT2D eigenvalue weighted by molar-refractivity contribution is 6.30. The second kappa shape index (κ2) is 7.53. The van der Waals surface area contributed by atoms with E-state index >= 15 is 0 Å². The van der Waals surface area contributed by atoms with E-state index < -0.39 is 12.0 Å². The lowest BCUT2D eigenvalue weighted by atomic mass is 9.85. The minimum atomic E-state index is -0.810. The molecule has 5 nitrogen and oxygen atoms in total. The first-order valence-corrected chi connectivity index (χ1v) is 8.92. The van der Waals surface area contributed by atoms with E-state index in [0.29, 0.717) is 23.9 Å². The molecule has 24 heavy (non-hydrogen) atoms. The van der Waals surface area contributed by atoms with Gasteiger partial charge in [0.25, 0.3) is 0 Å². The zero-order chi connectivity index (χ0) is 17.1. The lowest BCUT2D eigenvalue weighted by molar-refractivity contribution is -0.143. The second-order valence-corrected chi connectivity index (χ2v) is 7.21. The maximum atomic E-state index is 12.3. The molecule has 2 N–H and O–H groups in total. The summed E-state index contributed by atoms with van der Waals surface area (Å²) in [5.74, 6) is -0.513. The van der Waals surface area contributed by atoms with Gasteiger partial charge in [0.2, 0.25) is 5.91 Å². The van der Waals surface area contributed by atoms with Crippen molar-refractivity contribution in [1.29, 1.82) is 0 Å². The van der Waals surface area contributed by atoms with Crippen molar-refractivity contribution in [2.75, 3.05) is 6.54 Å². The van der Waals surface area contributed by atoms with E-state index in [9.17, 15) is 14.7 Å². The molecule has 6 heteroatoms. The summed E-state index contributed by atoms with van der Waals surface area (Å²) in [6.45, 7) is 0.585. The van der Waals surface area contributed by atoms with Crippen LogP contribution in [0.15, 0.2) is 24.3 Å². The molecule has 2 aliphatic rings. The van der Waals surface area contributed by atoms with Crippen molar-refractivity contribution < 1.29 is 14.7 Å². The van der Waals surface area contributed by atoms with Gasteiger partial charge in [-0.1, -0.05) is 36.6 Å². The van der Waals surface area contributed by atoms with E-state index in [1.807, 2.05) is 17.0 Å². The van der Waals surface area contributed by atoms with Crippen LogP contribution in [0, 0.1) is 5.92 Å². The van der Waals surface area contributed by atoms with Crippen LogP contribution in [0.5, 0.6) is 0 Å². The summed E-state index contributed by atoms with van der Waals surface area (Å²) in [5, 5.41) is 13.0. The van der Waals surface area contributed by atoms with Gasteiger partial charge in [0.1, 0.15) is 6.04 Å². The fraction of sp³-hybridized carbons (Fsp3) is 0.556. The Hall–Kier alpha value is -1.59. The molecule has 1 aromatic rings. The topological polar surface area (TPSA) is 69.6 Å². The monoisotopic (exact) mass is 350 g/mol. The molecule has 2 fully saturated rings. The maximum Gasteiger partial charge on any atom is 0.320 e. The zero-order valence-electron chi connectivity index (χ0n) is 13.6. The summed E-state index contributed by atoms with van der Waals surface area (Å²) in [6, 6.07) is 7.03. The minimum absolute atomic E-state index is 0.123. The van der Waals surface area contributed by atoms with Crippen LogP contribution in [-0.2, 0) is 16.1 Å². The van der Waals surface area contributed by atoms with Crippen molar-refractivity contribution in [3.63, 3.8) is 0 Å². The predicted molar refractivity (Wildman–Crippen MR) is 91.8 cm³/mol. The number of aliphatic carboxylic acids is 1. The van der Waals surface area contributed by atoms with Crippen molar-refractivity contribution >= 4 is 23.5 Å². The largest absolute Gasteiger partial charge is 0.480 e. The number of halogens is 1. The zero-order valence-corrected chi connectivity index (χ0v) is 14.3. The highest BCUT2D eigenvalue weighted by atomic mass is 35.5. The lowest BCUT2D eigenvalue weighted by Crippen LogP contribution is -2.47. The Balaban J connectivity index is 1.59. The number of hydrogen-bond acceptors (Lipinski definition) is 3. The highest BCUT2D eigenvalue weighted by Gasteiger charge is 2.45. The number of carboxylic acids is 1. The first-order valence-electron chi connectivity index (χ1n) is 8.54. The van der Waals surface area contributed by atoms with Gasteiger partial charge in [-0.15, -0.1) is 0 Å². The van der Waals surface area contributed by atoms with Crippen LogP contribution in [0.25, 0.3) is 0 Å². The summed E-state index contributed by atoms with van der Waals surface area (Å²) >= 11 is 5.85. The Kier molecular flexibility index (Phi) is 5.41. The van der Waals surface area contributed by atoms with Crippen LogP contribution in [0.2, 0.25) is 5.02 Å². The number of hydrogen-bond donors (Lipinski definition) is 2. The summed E-state index contributed by atoms with van der Waals surface area (Å²) in [6.07, 6.45) is 5.04. The molecule has 0 unspecified atom stereocenters. The molecule has 1 heterocycles. The van der Waals surface area contributed by atoms with E-state index in [2.05, 4.69) is 5.32 Å². The number of carbonyl (C=O) groups excluding carboxylic acids is 1. The molecule has 1 aliphatic carbocycles. The van der Waals surface area contributed by atoms with Crippen molar-refractivity contribution in [2.24, 2.45) is 5.92 Å². The molecule has 1 saturated heterocycles. The summed E-state index contributed by atoms with van der Waals surface area (Å²) in [5.41, 5.74) is 0.972. The normalized spacial score (nSPS) is 26.8. The number of benzene rings is 1. The molecule has 1 aromatic carbocycles. The SMILES string of the molecule is O=C(CN1[C@@H]2CCCC[C@@H]2C[C@H]1C(=O)O)NCc1ccc(Cl)cc1. The van der Waals surface area contributed by atoms with Crippen LogP contribution < -0.4 is 5.32 Å². The lowest BCUT2D eigenvalue weighted by Gasteiger charge is -2.32. The average molecular weight is 351 g/mol. The number of carbonyl (C=O) groups is 2.